The van der Waals surface area contributed by atoms with E-state index in [1.54, 1.807) is 0 Å². The van der Waals surface area contributed by atoms with E-state index < -0.39 is 0 Å². The third-order valence-corrected chi connectivity index (χ3v) is 5.37. The van der Waals surface area contributed by atoms with Crippen LogP contribution in [0.1, 0.15) is 37.4 Å². The van der Waals surface area contributed by atoms with Crippen LogP contribution in [-0.4, -0.2) is 21.5 Å². The summed E-state index contributed by atoms with van der Waals surface area (Å²) in [5.74, 6) is 3.75. The maximum Gasteiger partial charge on any atom is 0.290 e. The van der Waals surface area contributed by atoms with Crippen molar-refractivity contribution in [1.29, 1.82) is 0 Å². The lowest BCUT2D eigenvalue weighted by molar-refractivity contribution is -0.122. The van der Waals surface area contributed by atoms with E-state index in [0.717, 1.165) is 22.0 Å². The van der Waals surface area contributed by atoms with Crippen LogP contribution in [0.5, 0.6) is 0 Å². The number of carbonyl (C=O) groups is 1. The van der Waals surface area contributed by atoms with E-state index in [-0.39, 0.29) is 6.47 Å². The molecule has 3 atom stereocenters. The first kappa shape index (κ1) is 15.3. The maximum atomic E-state index is 8.36. The molecule has 1 heterocycles. The number of aromatic nitrogens is 2. The number of hydrogen-bond acceptors (Lipinski definition) is 2. The lowest BCUT2D eigenvalue weighted by Gasteiger charge is -2.19. The first-order valence-corrected chi connectivity index (χ1v) is 8.39. The first-order chi connectivity index (χ1) is 10.7. The third kappa shape index (κ3) is 3.09. The number of rotatable bonds is 2. The van der Waals surface area contributed by atoms with Gasteiger partial charge in [-0.25, -0.2) is 4.98 Å². The second kappa shape index (κ2) is 6.65. The molecule has 5 heteroatoms. The van der Waals surface area contributed by atoms with E-state index >= 15 is 0 Å². The van der Waals surface area contributed by atoms with Crippen molar-refractivity contribution >= 4 is 22.4 Å². The fourth-order valence-corrected chi connectivity index (χ4v) is 4.15. The number of aromatic amines is 1. The van der Waals surface area contributed by atoms with Crippen LogP contribution in [0.15, 0.2) is 34.9 Å². The summed E-state index contributed by atoms with van der Waals surface area (Å²) in [5.41, 5.74) is 2.36. The Morgan fingerprint density at radius 3 is 2.55 bits per heavy atom. The van der Waals surface area contributed by atoms with Gasteiger partial charge in [0.25, 0.3) is 6.47 Å². The van der Waals surface area contributed by atoms with E-state index in [4.69, 9.17) is 9.90 Å². The van der Waals surface area contributed by atoms with Gasteiger partial charge in [-0.2, -0.15) is 0 Å². The summed E-state index contributed by atoms with van der Waals surface area (Å²) in [4.78, 5) is 16.6. The topological polar surface area (TPSA) is 66.0 Å². The van der Waals surface area contributed by atoms with E-state index in [0.29, 0.717) is 5.92 Å². The predicted octanol–water partition coefficient (Wildman–Crippen LogP) is 4.44. The van der Waals surface area contributed by atoms with Crippen molar-refractivity contribution in [2.24, 2.45) is 11.8 Å². The summed E-state index contributed by atoms with van der Waals surface area (Å²) in [6.45, 7) is -0.250. The number of halogens is 1. The van der Waals surface area contributed by atoms with Gasteiger partial charge in [0, 0.05) is 10.4 Å². The zero-order chi connectivity index (χ0) is 15.5. The molecule has 0 aliphatic heterocycles. The van der Waals surface area contributed by atoms with E-state index in [9.17, 15) is 0 Å². The van der Waals surface area contributed by atoms with Crippen molar-refractivity contribution in [2.45, 2.75) is 31.6 Å². The molecule has 0 amide bonds. The largest absolute Gasteiger partial charge is 0.483 e. The van der Waals surface area contributed by atoms with Crippen molar-refractivity contribution < 1.29 is 9.90 Å². The van der Waals surface area contributed by atoms with Crippen molar-refractivity contribution in [2.75, 3.05) is 0 Å². The van der Waals surface area contributed by atoms with Gasteiger partial charge >= 0.3 is 0 Å². The lowest BCUT2D eigenvalue weighted by Crippen LogP contribution is -2.09. The van der Waals surface area contributed by atoms with Crippen molar-refractivity contribution in [3.05, 3.63) is 40.8 Å². The summed E-state index contributed by atoms with van der Waals surface area (Å²) in [6, 6.07) is 8.41. The molecule has 22 heavy (non-hydrogen) atoms. The Balaban J connectivity index is 0.000000446. The van der Waals surface area contributed by atoms with Gasteiger partial charge in [0.2, 0.25) is 0 Å². The SMILES string of the molecule is Brc1ccc(-c2cnc(C3CC4CCC3C4)[nH]2)cc1.O=CO. The molecular formula is C17H19BrN2O2. The minimum atomic E-state index is -0.250. The second-order valence-corrected chi connectivity index (χ2v) is 6.99. The molecule has 4 rings (SSSR count). The highest BCUT2D eigenvalue weighted by molar-refractivity contribution is 9.10. The molecule has 116 valence electrons. The minimum Gasteiger partial charge on any atom is -0.483 e. The predicted molar refractivity (Wildman–Crippen MR) is 88.6 cm³/mol. The molecule has 2 bridgehead atoms. The molecule has 0 spiro atoms. The van der Waals surface area contributed by atoms with Crippen LogP contribution < -0.4 is 0 Å². The van der Waals surface area contributed by atoms with Crippen LogP contribution in [-0.2, 0) is 4.79 Å². The molecule has 4 nitrogen and oxygen atoms in total. The molecule has 2 N–H and O–H groups in total. The van der Waals surface area contributed by atoms with Gasteiger partial charge in [-0.05, 0) is 48.8 Å². The molecule has 1 aromatic heterocycles. The number of nitrogens with one attached hydrogen (secondary N) is 1. The molecule has 2 aliphatic rings. The first-order valence-electron chi connectivity index (χ1n) is 7.60. The quantitative estimate of drug-likeness (QED) is 0.775. The van der Waals surface area contributed by atoms with Gasteiger partial charge in [0.15, 0.2) is 0 Å². The Bertz CT molecular complexity index is 638. The fourth-order valence-electron chi connectivity index (χ4n) is 3.88. The summed E-state index contributed by atoms with van der Waals surface area (Å²) in [5, 5.41) is 6.89. The Morgan fingerprint density at radius 2 is 1.95 bits per heavy atom. The van der Waals surface area contributed by atoms with Gasteiger partial charge < -0.3 is 10.1 Å². The average molecular weight is 363 g/mol. The Morgan fingerprint density at radius 1 is 1.23 bits per heavy atom. The Kier molecular flexibility index (Phi) is 4.62. The fraction of sp³-hybridized carbons (Fsp3) is 0.412. The molecule has 2 saturated carbocycles. The average Bonchev–Trinajstić information content (AvgIpc) is 3.25. The zero-order valence-electron chi connectivity index (χ0n) is 12.2. The normalized spacial score (nSPS) is 25.6. The van der Waals surface area contributed by atoms with Gasteiger partial charge in [-0.3, -0.25) is 4.79 Å². The summed E-state index contributed by atoms with van der Waals surface area (Å²) >= 11 is 3.47. The van der Waals surface area contributed by atoms with Gasteiger partial charge in [-0.1, -0.05) is 34.5 Å². The van der Waals surface area contributed by atoms with Crippen LogP contribution in [0, 0.1) is 11.8 Å². The zero-order valence-corrected chi connectivity index (χ0v) is 13.8. The Hall–Kier alpha value is -1.62. The number of nitrogens with zero attached hydrogens (tertiary/aromatic N) is 1. The molecule has 1 aromatic carbocycles. The molecular weight excluding hydrogens is 344 g/mol. The van der Waals surface area contributed by atoms with Crippen molar-refractivity contribution in [3.63, 3.8) is 0 Å². The van der Waals surface area contributed by atoms with Crippen LogP contribution in [0.3, 0.4) is 0 Å². The number of fused-ring (bicyclic) bond motifs is 2. The van der Waals surface area contributed by atoms with Gasteiger partial charge in [0.1, 0.15) is 5.82 Å². The van der Waals surface area contributed by atoms with Crippen molar-refractivity contribution in [3.8, 4) is 11.3 Å². The van der Waals surface area contributed by atoms with Crippen LogP contribution in [0.25, 0.3) is 11.3 Å². The third-order valence-electron chi connectivity index (χ3n) is 4.84. The maximum absolute atomic E-state index is 8.36. The van der Waals surface area contributed by atoms with Gasteiger partial charge in [-0.15, -0.1) is 0 Å². The summed E-state index contributed by atoms with van der Waals surface area (Å²) < 4.78 is 1.11. The lowest BCUT2D eigenvalue weighted by atomic mass is 9.88. The molecule has 3 unspecified atom stereocenters. The molecule has 0 saturated heterocycles. The number of carboxylic acid groups (broad SMARTS) is 1. The van der Waals surface area contributed by atoms with Crippen LogP contribution >= 0.6 is 15.9 Å². The van der Waals surface area contributed by atoms with E-state index in [1.165, 1.54) is 37.1 Å². The molecule has 2 aromatic rings. The molecule has 2 aliphatic carbocycles. The van der Waals surface area contributed by atoms with Crippen molar-refractivity contribution in [1.82, 2.24) is 9.97 Å². The highest BCUT2D eigenvalue weighted by Gasteiger charge is 2.41. The van der Waals surface area contributed by atoms with Gasteiger partial charge in [0.05, 0.1) is 11.9 Å². The number of benzene rings is 1. The summed E-state index contributed by atoms with van der Waals surface area (Å²) in [6.07, 6.45) is 7.62. The number of imidazole rings is 1. The number of hydrogen-bond donors (Lipinski definition) is 2. The standard InChI is InChI=1S/C16H17BrN2.CH2O2/c17-13-5-3-11(4-6-13)15-9-18-16(19-15)14-8-10-1-2-12(14)7-10;2-1-3/h3-6,9-10,12,14H,1-2,7-8H2,(H,18,19);1H,(H,2,3). The summed E-state index contributed by atoms with van der Waals surface area (Å²) in [7, 11) is 0. The molecule has 2 fully saturated rings. The van der Waals surface area contributed by atoms with Crippen LogP contribution in [0.4, 0.5) is 0 Å². The number of H-pyrrole nitrogens is 1. The molecule has 0 radical (unpaired) electrons. The van der Waals surface area contributed by atoms with E-state index in [1.807, 2.05) is 6.20 Å². The van der Waals surface area contributed by atoms with E-state index in [2.05, 4.69) is 50.2 Å². The second-order valence-electron chi connectivity index (χ2n) is 6.08. The Labute approximate surface area is 138 Å². The minimum absolute atomic E-state index is 0.250. The highest BCUT2D eigenvalue weighted by Crippen LogP contribution is 2.52. The van der Waals surface area contributed by atoms with Crippen LogP contribution in [0.2, 0.25) is 0 Å². The monoisotopic (exact) mass is 362 g/mol. The smallest absolute Gasteiger partial charge is 0.290 e. The highest BCUT2D eigenvalue weighted by atomic mass is 79.9.